The lowest BCUT2D eigenvalue weighted by Gasteiger charge is -2.23. The van der Waals surface area contributed by atoms with E-state index < -0.39 is 0 Å². The molecule has 2 aromatic carbocycles. The third-order valence-corrected chi connectivity index (χ3v) is 6.19. The van der Waals surface area contributed by atoms with Crippen LogP contribution in [0.5, 0.6) is 0 Å². The number of hydrogen-bond donors (Lipinski definition) is 1. The number of nitrogens with zero attached hydrogens (tertiary/aromatic N) is 2. The fourth-order valence-electron chi connectivity index (χ4n) is 3.03. The first-order chi connectivity index (χ1) is 13.0. The van der Waals surface area contributed by atoms with Gasteiger partial charge in [0.15, 0.2) is 0 Å². The minimum Gasteiger partial charge on any atom is -0.348 e. The predicted octanol–water partition coefficient (Wildman–Crippen LogP) is 4.73. The van der Waals surface area contributed by atoms with E-state index in [1.165, 1.54) is 10.3 Å². The van der Waals surface area contributed by atoms with Crippen molar-refractivity contribution < 1.29 is 4.79 Å². The number of aryl methyl sites for hydroxylation is 1. The van der Waals surface area contributed by atoms with Crippen LogP contribution >= 0.6 is 11.3 Å². The molecule has 0 fully saturated rings. The first-order valence-corrected chi connectivity index (χ1v) is 10.2. The number of carbonyl (C=O) groups is 1. The second-order valence-electron chi connectivity index (χ2n) is 7.00. The second kappa shape index (κ2) is 8.63. The van der Waals surface area contributed by atoms with E-state index in [1.807, 2.05) is 37.1 Å². The minimum atomic E-state index is -0.00503. The highest BCUT2D eigenvalue weighted by Gasteiger charge is 2.19. The molecule has 1 N–H and O–H groups in total. The van der Waals surface area contributed by atoms with Gasteiger partial charge in [-0.05, 0) is 50.6 Å². The van der Waals surface area contributed by atoms with Gasteiger partial charge in [0.05, 0.1) is 28.8 Å². The van der Waals surface area contributed by atoms with Crippen molar-refractivity contribution in [3.05, 3.63) is 64.7 Å². The van der Waals surface area contributed by atoms with Crippen molar-refractivity contribution in [2.24, 2.45) is 0 Å². The first-order valence-electron chi connectivity index (χ1n) is 9.41. The summed E-state index contributed by atoms with van der Waals surface area (Å²) in [4.78, 5) is 19.3. The zero-order valence-corrected chi connectivity index (χ0v) is 17.2. The molecule has 3 aromatic rings. The molecule has 0 aliphatic rings. The Kier molecular flexibility index (Phi) is 6.24. The highest BCUT2D eigenvalue weighted by atomic mass is 32.1. The molecule has 1 heterocycles. The van der Waals surface area contributed by atoms with Crippen LogP contribution in [-0.4, -0.2) is 29.4 Å². The van der Waals surface area contributed by atoms with E-state index in [1.54, 1.807) is 11.3 Å². The lowest BCUT2D eigenvalue weighted by molar-refractivity contribution is -0.123. The van der Waals surface area contributed by atoms with Gasteiger partial charge in [-0.15, -0.1) is 11.3 Å². The van der Waals surface area contributed by atoms with E-state index in [9.17, 15) is 4.79 Å². The second-order valence-corrected chi connectivity index (χ2v) is 8.06. The van der Waals surface area contributed by atoms with Gasteiger partial charge in [0.1, 0.15) is 5.01 Å². The molecule has 0 spiro atoms. The van der Waals surface area contributed by atoms with Gasteiger partial charge >= 0.3 is 0 Å². The number of aromatic nitrogens is 1. The number of amides is 1. The summed E-state index contributed by atoms with van der Waals surface area (Å²) >= 11 is 1.69. The molecule has 0 bridgehead atoms. The van der Waals surface area contributed by atoms with E-state index in [4.69, 9.17) is 4.98 Å². The van der Waals surface area contributed by atoms with Crippen LogP contribution in [0.15, 0.2) is 48.5 Å². The van der Waals surface area contributed by atoms with Crippen molar-refractivity contribution >= 4 is 27.5 Å². The van der Waals surface area contributed by atoms with Crippen LogP contribution in [0.25, 0.3) is 10.2 Å². The number of nitrogens with one attached hydrogen (secondary N) is 1. The molecule has 0 radical (unpaired) electrons. The SMILES string of the molecule is CCc1ccc([C@H](C)NC(=O)CN(C)[C@@H](C)c2nc3ccccc3s2)cc1. The van der Waals surface area contributed by atoms with Crippen molar-refractivity contribution in [3.8, 4) is 0 Å². The average molecular weight is 382 g/mol. The van der Waals surface area contributed by atoms with E-state index in [-0.39, 0.29) is 18.0 Å². The Morgan fingerprint density at radius 2 is 1.85 bits per heavy atom. The van der Waals surface area contributed by atoms with Crippen LogP contribution in [0.3, 0.4) is 0 Å². The van der Waals surface area contributed by atoms with Crippen molar-refractivity contribution in [1.29, 1.82) is 0 Å². The standard InChI is InChI=1S/C22H27N3OS/c1-5-17-10-12-18(13-11-17)15(2)23-21(26)14-25(4)16(3)22-24-19-8-6-7-9-20(19)27-22/h6-13,15-16H,5,14H2,1-4H3,(H,23,26)/t15-,16-/m0/s1. The maximum absolute atomic E-state index is 12.5. The molecular weight excluding hydrogens is 354 g/mol. The van der Waals surface area contributed by atoms with Gasteiger partial charge in [-0.2, -0.15) is 0 Å². The van der Waals surface area contributed by atoms with Gasteiger partial charge in [-0.25, -0.2) is 4.98 Å². The van der Waals surface area contributed by atoms with Crippen molar-refractivity contribution in [3.63, 3.8) is 0 Å². The molecule has 5 heteroatoms. The topological polar surface area (TPSA) is 45.2 Å². The van der Waals surface area contributed by atoms with E-state index in [0.29, 0.717) is 6.54 Å². The quantitative estimate of drug-likeness (QED) is 0.643. The highest BCUT2D eigenvalue weighted by molar-refractivity contribution is 7.18. The fourth-order valence-corrected chi connectivity index (χ4v) is 4.12. The van der Waals surface area contributed by atoms with Crippen molar-refractivity contribution in [2.75, 3.05) is 13.6 Å². The van der Waals surface area contributed by atoms with Crippen LogP contribution in [-0.2, 0) is 11.2 Å². The summed E-state index contributed by atoms with van der Waals surface area (Å²) in [6.07, 6.45) is 1.02. The Balaban J connectivity index is 1.58. The molecule has 3 rings (SSSR count). The summed E-state index contributed by atoms with van der Waals surface area (Å²) in [7, 11) is 1.97. The van der Waals surface area contributed by atoms with Gasteiger partial charge in [0.2, 0.25) is 5.91 Å². The number of likely N-dealkylation sites (N-methyl/N-ethyl adjacent to an activating group) is 1. The number of fused-ring (bicyclic) bond motifs is 1. The fraction of sp³-hybridized carbons (Fsp3) is 0.364. The summed E-state index contributed by atoms with van der Waals surface area (Å²) in [5, 5.41) is 4.14. The molecule has 0 saturated carbocycles. The van der Waals surface area contributed by atoms with E-state index in [2.05, 4.69) is 49.5 Å². The number of carbonyl (C=O) groups excluding carboxylic acids is 1. The molecule has 0 unspecified atom stereocenters. The molecule has 0 aliphatic heterocycles. The Morgan fingerprint density at radius 3 is 2.52 bits per heavy atom. The minimum absolute atomic E-state index is 0.00503. The monoisotopic (exact) mass is 381 g/mol. The molecule has 142 valence electrons. The largest absolute Gasteiger partial charge is 0.348 e. The van der Waals surface area contributed by atoms with Gasteiger partial charge < -0.3 is 5.32 Å². The molecule has 27 heavy (non-hydrogen) atoms. The Morgan fingerprint density at radius 1 is 1.15 bits per heavy atom. The molecule has 0 saturated heterocycles. The molecule has 0 aliphatic carbocycles. The number of hydrogen-bond acceptors (Lipinski definition) is 4. The van der Waals surface area contributed by atoms with Crippen LogP contribution in [0.4, 0.5) is 0 Å². The predicted molar refractivity (Wildman–Crippen MR) is 113 cm³/mol. The van der Waals surface area contributed by atoms with Gasteiger partial charge in [-0.1, -0.05) is 43.3 Å². The van der Waals surface area contributed by atoms with Gasteiger partial charge in [-0.3, -0.25) is 9.69 Å². The molecule has 2 atom stereocenters. The molecule has 1 amide bonds. The van der Waals surface area contributed by atoms with Crippen LogP contribution < -0.4 is 5.32 Å². The van der Waals surface area contributed by atoms with Gasteiger partial charge in [0, 0.05) is 0 Å². The van der Waals surface area contributed by atoms with E-state index >= 15 is 0 Å². The summed E-state index contributed by atoms with van der Waals surface area (Å²) in [5.74, 6) is 0.0255. The van der Waals surface area contributed by atoms with Crippen LogP contribution in [0.1, 0.15) is 49.0 Å². The lowest BCUT2D eigenvalue weighted by atomic mass is 10.1. The Hall–Kier alpha value is -2.24. The van der Waals surface area contributed by atoms with Crippen molar-refractivity contribution in [1.82, 2.24) is 15.2 Å². The third-order valence-electron chi connectivity index (χ3n) is 4.99. The van der Waals surface area contributed by atoms with Crippen molar-refractivity contribution in [2.45, 2.75) is 39.3 Å². The summed E-state index contributed by atoms with van der Waals surface area (Å²) < 4.78 is 1.18. The number of para-hydroxylation sites is 1. The Bertz CT molecular complexity index is 870. The zero-order chi connectivity index (χ0) is 19.4. The summed E-state index contributed by atoms with van der Waals surface area (Å²) in [6, 6.07) is 16.7. The van der Waals surface area contributed by atoms with Crippen LogP contribution in [0.2, 0.25) is 0 Å². The summed E-state index contributed by atoms with van der Waals surface area (Å²) in [5.41, 5.74) is 3.45. The van der Waals surface area contributed by atoms with Crippen LogP contribution in [0, 0.1) is 0 Å². The smallest absolute Gasteiger partial charge is 0.234 e. The van der Waals surface area contributed by atoms with Gasteiger partial charge in [0.25, 0.3) is 0 Å². The maximum Gasteiger partial charge on any atom is 0.234 e. The third kappa shape index (κ3) is 4.73. The normalized spacial score (nSPS) is 13.7. The number of rotatable bonds is 7. The highest BCUT2D eigenvalue weighted by Crippen LogP contribution is 2.28. The lowest BCUT2D eigenvalue weighted by Crippen LogP contribution is -2.37. The zero-order valence-electron chi connectivity index (χ0n) is 16.4. The maximum atomic E-state index is 12.5. The number of thiazole rings is 1. The van der Waals surface area contributed by atoms with E-state index in [0.717, 1.165) is 22.5 Å². The average Bonchev–Trinajstić information content (AvgIpc) is 3.11. The summed E-state index contributed by atoms with van der Waals surface area (Å²) in [6.45, 7) is 6.60. The molecular formula is C22H27N3OS. The first kappa shape index (κ1) is 19.5. The Labute approximate surface area is 165 Å². The number of benzene rings is 2. The molecule has 4 nitrogen and oxygen atoms in total. The molecule has 1 aromatic heterocycles.